The molecule has 0 unspecified atom stereocenters. The summed E-state index contributed by atoms with van der Waals surface area (Å²) >= 11 is 0. The Morgan fingerprint density at radius 2 is 1.84 bits per heavy atom. The highest BCUT2D eigenvalue weighted by molar-refractivity contribution is 7.92. The number of esters is 1. The van der Waals surface area contributed by atoms with Crippen molar-refractivity contribution in [1.29, 1.82) is 0 Å². The molecule has 1 aromatic carbocycles. The summed E-state index contributed by atoms with van der Waals surface area (Å²) in [4.78, 5) is 12.0. The number of sulfonamides is 1. The summed E-state index contributed by atoms with van der Waals surface area (Å²) in [7, 11) is -3.92. The number of hydrogen-bond donors (Lipinski definition) is 1. The Kier molecular flexibility index (Phi) is 5.22. The lowest BCUT2D eigenvalue weighted by atomic mass is 9.87. The molecule has 1 aromatic heterocycles. The van der Waals surface area contributed by atoms with Crippen LogP contribution in [0.4, 0.5) is 5.88 Å². The van der Waals surface area contributed by atoms with Gasteiger partial charge in [0, 0.05) is 0 Å². The minimum atomic E-state index is -3.92. The Morgan fingerprint density at radius 1 is 1.24 bits per heavy atom. The zero-order valence-electron chi connectivity index (χ0n) is 14.9. The third-order valence-electron chi connectivity index (χ3n) is 3.60. The number of carbonyl (C=O) groups is 1. The van der Waals surface area contributed by atoms with Gasteiger partial charge in [0.05, 0.1) is 17.2 Å². The highest BCUT2D eigenvalue weighted by atomic mass is 32.2. The van der Waals surface area contributed by atoms with Gasteiger partial charge in [-0.05, 0) is 37.0 Å². The quantitative estimate of drug-likeness (QED) is 0.816. The summed E-state index contributed by atoms with van der Waals surface area (Å²) in [5.41, 5.74) is 1.14. The molecule has 7 nitrogen and oxygen atoms in total. The van der Waals surface area contributed by atoms with Crippen LogP contribution in [0, 0.1) is 6.92 Å². The summed E-state index contributed by atoms with van der Waals surface area (Å²) in [5, 5.41) is 3.64. The van der Waals surface area contributed by atoms with Crippen molar-refractivity contribution >= 4 is 21.9 Å². The molecule has 0 fully saturated rings. The second-order valence-corrected chi connectivity index (χ2v) is 8.25. The Hall–Kier alpha value is -2.35. The second-order valence-electron chi connectivity index (χ2n) is 6.57. The predicted octanol–water partition coefficient (Wildman–Crippen LogP) is 3.26. The Morgan fingerprint density at radius 3 is 2.36 bits per heavy atom. The summed E-state index contributed by atoms with van der Waals surface area (Å²) in [6.07, 6.45) is 0. The summed E-state index contributed by atoms with van der Waals surface area (Å²) in [6, 6.07) is 6.53. The van der Waals surface area contributed by atoms with E-state index in [2.05, 4.69) is 9.88 Å². The maximum Gasteiger partial charge on any atom is 0.345 e. The molecule has 0 aliphatic carbocycles. The first-order valence-corrected chi connectivity index (χ1v) is 9.31. The van der Waals surface area contributed by atoms with E-state index in [-0.39, 0.29) is 34.1 Å². The Balaban J connectivity index is 2.32. The standard InChI is InChI=1S/C17H22N2O5S/c1-6-23-16(20)14-11(2)18-24-15(14)19-25(21,22)13-9-7-12(8-10-13)17(3,4)5/h7-10,19H,6H2,1-5H3. The number of aromatic nitrogens is 1. The van der Waals surface area contributed by atoms with Gasteiger partial charge < -0.3 is 9.26 Å². The average molecular weight is 366 g/mol. The third kappa shape index (κ3) is 4.19. The van der Waals surface area contributed by atoms with E-state index >= 15 is 0 Å². The van der Waals surface area contributed by atoms with E-state index in [0.717, 1.165) is 5.56 Å². The van der Waals surface area contributed by atoms with Gasteiger partial charge in [0.15, 0.2) is 0 Å². The Labute approximate surface area is 147 Å². The summed E-state index contributed by atoms with van der Waals surface area (Å²) < 4.78 is 37.2. The molecule has 2 aromatic rings. The van der Waals surface area contributed by atoms with Crippen LogP contribution in [0.2, 0.25) is 0 Å². The molecule has 25 heavy (non-hydrogen) atoms. The van der Waals surface area contributed by atoms with Crippen LogP contribution in [0.3, 0.4) is 0 Å². The number of nitrogens with zero attached hydrogens (tertiary/aromatic N) is 1. The van der Waals surface area contributed by atoms with Crippen molar-refractivity contribution in [2.45, 2.75) is 44.9 Å². The summed E-state index contributed by atoms with van der Waals surface area (Å²) in [6.45, 7) is 9.46. The Bertz CT molecular complexity index is 861. The van der Waals surface area contributed by atoms with Crippen LogP contribution >= 0.6 is 0 Å². The van der Waals surface area contributed by atoms with Crippen molar-refractivity contribution in [3.05, 3.63) is 41.1 Å². The first kappa shape index (κ1) is 19.0. The zero-order valence-corrected chi connectivity index (χ0v) is 15.7. The van der Waals surface area contributed by atoms with Crippen molar-refractivity contribution in [3.63, 3.8) is 0 Å². The zero-order chi connectivity index (χ0) is 18.8. The summed E-state index contributed by atoms with van der Waals surface area (Å²) in [5.74, 6) is -0.946. The molecule has 136 valence electrons. The molecule has 1 heterocycles. The van der Waals surface area contributed by atoms with Crippen molar-refractivity contribution in [2.75, 3.05) is 11.3 Å². The topological polar surface area (TPSA) is 98.5 Å². The fourth-order valence-corrected chi connectivity index (χ4v) is 3.19. The van der Waals surface area contributed by atoms with E-state index in [1.54, 1.807) is 19.1 Å². The van der Waals surface area contributed by atoms with Gasteiger partial charge >= 0.3 is 5.97 Å². The van der Waals surface area contributed by atoms with Crippen molar-refractivity contribution in [3.8, 4) is 0 Å². The largest absolute Gasteiger partial charge is 0.462 e. The van der Waals surface area contributed by atoms with Gasteiger partial charge in [0.2, 0.25) is 0 Å². The van der Waals surface area contributed by atoms with Crippen LogP contribution in [-0.2, 0) is 20.2 Å². The maximum atomic E-state index is 12.6. The number of anilines is 1. The van der Waals surface area contributed by atoms with Gasteiger partial charge in [-0.2, -0.15) is 0 Å². The normalized spacial score (nSPS) is 12.0. The molecule has 0 amide bonds. The number of ether oxygens (including phenoxy) is 1. The molecule has 0 spiro atoms. The smallest absolute Gasteiger partial charge is 0.345 e. The molecule has 0 aliphatic heterocycles. The van der Waals surface area contributed by atoms with Crippen LogP contribution in [-0.4, -0.2) is 26.2 Å². The van der Waals surface area contributed by atoms with Gasteiger partial charge in [-0.25, -0.2) is 17.9 Å². The molecule has 1 N–H and O–H groups in total. The van der Waals surface area contributed by atoms with E-state index in [1.165, 1.54) is 19.1 Å². The lowest BCUT2D eigenvalue weighted by molar-refractivity contribution is 0.0526. The molecule has 0 saturated carbocycles. The van der Waals surface area contributed by atoms with E-state index in [4.69, 9.17) is 9.26 Å². The van der Waals surface area contributed by atoms with Crippen LogP contribution in [0.5, 0.6) is 0 Å². The molecule has 2 rings (SSSR count). The van der Waals surface area contributed by atoms with Crippen LogP contribution in [0.1, 0.15) is 49.3 Å². The minimum Gasteiger partial charge on any atom is -0.462 e. The van der Waals surface area contributed by atoms with E-state index in [1.807, 2.05) is 20.8 Å². The molecule has 0 atom stereocenters. The number of carbonyl (C=O) groups excluding carboxylic acids is 1. The SMILES string of the molecule is CCOC(=O)c1c(C)noc1NS(=O)(=O)c1ccc(C(C)(C)C)cc1. The molecular weight excluding hydrogens is 344 g/mol. The number of benzene rings is 1. The first-order chi connectivity index (χ1) is 11.6. The predicted molar refractivity (Wildman–Crippen MR) is 93.1 cm³/mol. The molecule has 0 bridgehead atoms. The van der Waals surface area contributed by atoms with Crippen LogP contribution < -0.4 is 4.72 Å². The monoisotopic (exact) mass is 366 g/mol. The highest BCUT2D eigenvalue weighted by Gasteiger charge is 2.26. The van der Waals surface area contributed by atoms with Gasteiger partial charge in [0.1, 0.15) is 5.56 Å². The van der Waals surface area contributed by atoms with Gasteiger partial charge in [0.25, 0.3) is 15.9 Å². The number of rotatable bonds is 5. The first-order valence-electron chi connectivity index (χ1n) is 7.83. The molecule has 0 saturated heterocycles. The average Bonchev–Trinajstić information content (AvgIpc) is 2.87. The van der Waals surface area contributed by atoms with Crippen molar-refractivity contribution in [1.82, 2.24) is 5.16 Å². The van der Waals surface area contributed by atoms with E-state index in [0.29, 0.717) is 0 Å². The lowest BCUT2D eigenvalue weighted by Gasteiger charge is -2.19. The molecule has 8 heteroatoms. The van der Waals surface area contributed by atoms with Gasteiger partial charge in [-0.15, -0.1) is 0 Å². The number of aryl methyl sites for hydroxylation is 1. The minimum absolute atomic E-state index is 0.0308. The van der Waals surface area contributed by atoms with Gasteiger partial charge in [-0.3, -0.25) is 0 Å². The second kappa shape index (κ2) is 6.87. The van der Waals surface area contributed by atoms with Crippen LogP contribution in [0.25, 0.3) is 0 Å². The molecule has 0 aliphatic rings. The molecule has 0 radical (unpaired) electrons. The van der Waals surface area contributed by atoms with E-state index < -0.39 is 16.0 Å². The number of nitrogens with one attached hydrogen (secondary N) is 1. The molecular formula is C17H22N2O5S. The fraction of sp³-hybridized carbons (Fsp3) is 0.412. The highest BCUT2D eigenvalue weighted by Crippen LogP contribution is 2.26. The maximum absolute atomic E-state index is 12.6. The number of hydrogen-bond acceptors (Lipinski definition) is 6. The lowest BCUT2D eigenvalue weighted by Crippen LogP contribution is -2.16. The van der Waals surface area contributed by atoms with E-state index in [9.17, 15) is 13.2 Å². The van der Waals surface area contributed by atoms with Crippen LogP contribution in [0.15, 0.2) is 33.7 Å². The van der Waals surface area contributed by atoms with Crippen molar-refractivity contribution in [2.24, 2.45) is 0 Å². The van der Waals surface area contributed by atoms with Crippen molar-refractivity contribution < 1.29 is 22.5 Å². The van der Waals surface area contributed by atoms with Gasteiger partial charge in [-0.1, -0.05) is 38.1 Å². The fourth-order valence-electron chi connectivity index (χ4n) is 2.20. The third-order valence-corrected chi connectivity index (χ3v) is 4.95.